The second kappa shape index (κ2) is 10.6. The van der Waals surface area contributed by atoms with Crippen LogP contribution < -0.4 is 0 Å². The lowest BCUT2D eigenvalue weighted by Crippen LogP contribution is -2.62. The third-order valence-corrected chi connectivity index (χ3v) is 6.93. The molecule has 0 radical (unpaired) electrons. The minimum absolute atomic E-state index is 0.0139. The van der Waals surface area contributed by atoms with Crippen LogP contribution in [0.15, 0.2) is 24.3 Å². The maximum Gasteiger partial charge on any atom is 0.336 e. The zero-order valence-corrected chi connectivity index (χ0v) is 19.1. The molecule has 1 unspecified atom stereocenters. The molecule has 10 nitrogen and oxygen atoms in total. The topological polar surface area (TPSA) is 157 Å². The summed E-state index contributed by atoms with van der Waals surface area (Å²) in [5.41, 5.74) is -1.55. The Morgan fingerprint density at radius 1 is 1.18 bits per heavy atom. The quantitative estimate of drug-likeness (QED) is 0.193. The number of esters is 3. The van der Waals surface area contributed by atoms with Gasteiger partial charge in [-0.3, -0.25) is 4.79 Å². The van der Waals surface area contributed by atoms with Crippen molar-refractivity contribution < 1.29 is 48.7 Å². The van der Waals surface area contributed by atoms with Crippen LogP contribution in [0, 0.1) is 23.2 Å². The summed E-state index contributed by atoms with van der Waals surface area (Å²) in [6, 6.07) is 0. The second-order valence-corrected chi connectivity index (χ2v) is 8.95. The summed E-state index contributed by atoms with van der Waals surface area (Å²) >= 11 is 0. The number of carbonyl (C=O) groups excluding carboxylic acids is 4. The van der Waals surface area contributed by atoms with Gasteiger partial charge in [-0.05, 0) is 19.3 Å². The van der Waals surface area contributed by atoms with Gasteiger partial charge in [-0.25, -0.2) is 9.59 Å². The van der Waals surface area contributed by atoms with Crippen LogP contribution in [-0.2, 0) is 33.4 Å². The van der Waals surface area contributed by atoms with E-state index in [0.717, 1.165) is 20.3 Å². The fourth-order valence-electron chi connectivity index (χ4n) is 5.10. The van der Waals surface area contributed by atoms with Crippen molar-refractivity contribution in [1.29, 1.82) is 0 Å². The monoisotopic (exact) mass is 468 g/mol. The standard InChI is InChI=1S/C23H32O10/c1-11(15(26)10-32-13(3)25)22(30)33-16-8-23(4)17(27)7-6-14(9-24)19(23)20(28)18(16)12(2)21(29)31-5/h9,14-20,26-28H,1-2,6-8,10H2,3-5H3/t14-,15?,16+,17-,18-,19-,20+,23+/m1/s1. The van der Waals surface area contributed by atoms with E-state index in [-0.39, 0.29) is 12.0 Å². The van der Waals surface area contributed by atoms with Crippen LogP contribution >= 0.6 is 0 Å². The summed E-state index contributed by atoms with van der Waals surface area (Å²) in [4.78, 5) is 47.6. The van der Waals surface area contributed by atoms with Gasteiger partial charge in [-0.2, -0.15) is 0 Å². The van der Waals surface area contributed by atoms with E-state index in [4.69, 9.17) is 9.47 Å². The molecule has 8 atom stereocenters. The molecule has 33 heavy (non-hydrogen) atoms. The van der Waals surface area contributed by atoms with E-state index in [9.17, 15) is 34.5 Å². The smallest absolute Gasteiger partial charge is 0.336 e. The normalized spacial score (nSPS) is 34.2. The molecule has 2 fully saturated rings. The molecule has 0 spiro atoms. The van der Waals surface area contributed by atoms with Gasteiger partial charge in [-0.1, -0.05) is 20.1 Å². The van der Waals surface area contributed by atoms with Crippen LogP contribution in [0.2, 0.25) is 0 Å². The summed E-state index contributed by atoms with van der Waals surface area (Å²) in [5.74, 6) is -4.91. The maximum absolute atomic E-state index is 12.7. The number of ether oxygens (including phenoxy) is 3. The largest absolute Gasteiger partial charge is 0.466 e. The Labute approximate surface area is 192 Å². The highest BCUT2D eigenvalue weighted by Crippen LogP contribution is 2.55. The van der Waals surface area contributed by atoms with Gasteiger partial charge < -0.3 is 34.3 Å². The van der Waals surface area contributed by atoms with Crippen molar-refractivity contribution in [3.63, 3.8) is 0 Å². The number of aliphatic hydroxyl groups excluding tert-OH is 3. The van der Waals surface area contributed by atoms with Crippen LogP contribution in [-0.4, -0.2) is 77.6 Å². The predicted octanol–water partition coefficient (Wildman–Crippen LogP) is 0.0807. The first-order chi connectivity index (χ1) is 15.4. The molecule has 0 aromatic heterocycles. The second-order valence-electron chi connectivity index (χ2n) is 8.95. The molecule has 0 saturated heterocycles. The lowest BCUT2D eigenvalue weighted by atomic mass is 9.51. The number of aldehydes is 1. The van der Waals surface area contributed by atoms with Crippen molar-refractivity contribution in [2.24, 2.45) is 23.2 Å². The Morgan fingerprint density at radius 2 is 1.82 bits per heavy atom. The fourth-order valence-corrected chi connectivity index (χ4v) is 5.10. The van der Waals surface area contributed by atoms with Crippen molar-refractivity contribution in [3.8, 4) is 0 Å². The van der Waals surface area contributed by atoms with Crippen LogP contribution in [0.5, 0.6) is 0 Å². The SMILES string of the molecule is C=C(C(=O)O[C@H]1C[C@]2(C)[C@@H]([C@@H](O)[C@@H]1C(=C)C(=O)OC)[C@@H](C=O)CC[C@H]2O)C(O)COC(C)=O. The molecule has 2 aliphatic carbocycles. The van der Waals surface area contributed by atoms with E-state index in [1.807, 2.05) is 0 Å². The lowest BCUT2D eigenvalue weighted by Gasteiger charge is -2.56. The molecule has 3 N–H and O–H groups in total. The summed E-state index contributed by atoms with van der Waals surface area (Å²) in [5, 5.41) is 32.1. The Balaban J connectivity index is 2.36. The van der Waals surface area contributed by atoms with E-state index in [2.05, 4.69) is 17.9 Å². The molecule has 0 aromatic carbocycles. The zero-order valence-electron chi connectivity index (χ0n) is 19.1. The molecule has 0 amide bonds. The predicted molar refractivity (Wildman–Crippen MR) is 113 cm³/mol. The van der Waals surface area contributed by atoms with Gasteiger partial charge in [0.25, 0.3) is 0 Å². The number of rotatable bonds is 8. The molecule has 0 bridgehead atoms. The van der Waals surface area contributed by atoms with E-state index in [0.29, 0.717) is 12.8 Å². The van der Waals surface area contributed by atoms with Crippen LogP contribution in [0.3, 0.4) is 0 Å². The Kier molecular flexibility index (Phi) is 8.56. The molecule has 2 aliphatic rings. The van der Waals surface area contributed by atoms with Gasteiger partial charge >= 0.3 is 17.9 Å². The lowest BCUT2D eigenvalue weighted by molar-refractivity contribution is -0.198. The summed E-state index contributed by atoms with van der Waals surface area (Å²) < 4.78 is 14.9. The molecule has 2 rings (SSSR count). The van der Waals surface area contributed by atoms with E-state index < -0.39 is 77.7 Å². The average molecular weight is 468 g/mol. The maximum atomic E-state index is 12.7. The molecule has 0 aromatic rings. The molecule has 10 heteroatoms. The molecular formula is C23H32O10. The van der Waals surface area contributed by atoms with Gasteiger partial charge in [0, 0.05) is 29.7 Å². The molecule has 0 heterocycles. The fraction of sp³-hybridized carbons (Fsp3) is 0.652. The molecule has 184 valence electrons. The summed E-state index contributed by atoms with van der Waals surface area (Å²) in [6.45, 7) is 9.53. The highest BCUT2D eigenvalue weighted by atomic mass is 16.6. The van der Waals surface area contributed by atoms with Gasteiger partial charge in [-0.15, -0.1) is 0 Å². The highest BCUT2D eigenvalue weighted by molar-refractivity contribution is 5.90. The van der Waals surface area contributed by atoms with Crippen LogP contribution in [0.4, 0.5) is 0 Å². The first-order valence-corrected chi connectivity index (χ1v) is 10.7. The number of fused-ring (bicyclic) bond motifs is 1. The van der Waals surface area contributed by atoms with E-state index >= 15 is 0 Å². The molecular weight excluding hydrogens is 436 g/mol. The van der Waals surface area contributed by atoms with Crippen molar-refractivity contribution in [1.82, 2.24) is 0 Å². The van der Waals surface area contributed by atoms with Crippen molar-refractivity contribution in [3.05, 3.63) is 24.3 Å². The number of carbonyl (C=O) groups is 4. The Bertz CT molecular complexity index is 820. The third kappa shape index (κ3) is 5.34. The number of methoxy groups -OCH3 is 1. The Morgan fingerprint density at radius 3 is 2.36 bits per heavy atom. The minimum Gasteiger partial charge on any atom is -0.466 e. The average Bonchev–Trinajstić information content (AvgIpc) is 2.77. The van der Waals surface area contributed by atoms with Gasteiger partial charge in [0.05, 0.1) is 30.8 Å². The van der Waals surface area contributed by atoms with E-state index in [1.165, 1.54) is 0 Å². The first kappa shape index (κ1) is 26.7. The number of hydrogen-bond donors (Lipinski definition) is 3. The van der Waals surface area contributed by atoms with Crippen LogP contribution in [0.1, 0.15) is 33.1 Å². The van der Waals surface area contributed by atoms with Gasteiger partial charge in [0.15, 0.2) is 0 Å². The van der Waals surface area contributed by atoms with Crippen LogP contribution in [0.25, 0.3) is 0 Å². The first-order valence-electron chi connectivity index (χ1n) is 10.7. The van der Waals surface area contributed by atoms with Crippen molar-refractivity contribution >= 4 is 24.2 Å². The summed E-state index contributed by atoms with van der Waals surface area (Å²) in [7, 11) is 1.14. The van der Waals surface area contributed by atoms with Crippen molar-refractivity contribution in [2.45, 2.75) is 57.5 Å². The zero-order chi connectivity index (χ0) is 25.1. The molecule has 2 saturated carbocycles. The minimum atomic E-state index is -1.53. The van der Waals surface area contributed by atoms with Gasteiger partial charge in [0.1, 0.15) is 25.1 Å². The Hall–Kier alpha value is -2.56. The molecule has 0 aliphatic heterocycles. The van der Waals surface area contributed by atoms with Crippen molar-refractivity contribution in [2.75, 3.05) is 13.7 Å². The highest BCUT2D eigenvalue weighted by Gasteiger charge is 2.60. The van der Waals surface area contributed by atoms with Gasteiger partial charge in [0.2, 0.25) is 0 Å². The number of aliphatic hydroxyl groups is 3. The third-order valence-electron chi connectivity index (χ3n) is 6.93. The summed E-state index contributed by atoms with van der Waals surface area (Å²) in [6.07, 6.45) is -3.48. The number of hydrogen-bond acceptors (Lipinski definition) is 10. The van der Waals surface area contributed by atoms with E-state index in [1.54, 1.807) is 6.92 Å².